The summed E-state index contributed by atoms with van der Waals surface area (Å²) in [5.41, 5.74) is 7.98. The Morgan fingerprint density at radius 3 is 2.78 bits per heavy atom. The highest BCUT2D eigenvalue weighted by Crippen LogP contribution is 2.21. The molecule has 2 rings (SSSR count). The highest BCUT2D eigenvalue weighted by molar-refractivity contribution is 9.11. The van der Waals surface area contributed by atoms with Crippen LogP contribution in [0.2, 0.25) is 0 Å². The zero-order chi connectivity index (χ0) is 13.1. The number of rotatable bonds is 3. The molecule has 1 aromatic heterocycles. The fraction of sp³-hybridized carbons (Fsp3) is 0.154. The minimum absolute atomic E-state index is 0.0809. The maximum atomic E-state index is 11.9. The Balaban J connectivity index is 2.01. The molecular formula is C13H13BrN2OS. The molecule has 1 amide bonds. The predicted octanol–water partition coefficient (Wildman–Crippen LogP) is 3.33. The van der Waals surface area contributed by atoms with Crippen LogP contribution in [0.15, 0.2) is 34.1 Å². The van der Waals surface area contributed by atoms with Crippen molar-refractivity contribution in [3.63, 3.8) is 0 Å². The van der Waals surface area contributed by atoms with Crippen LogP contribution in [0.1, 0.15) is 20.8 Å². The fourth-order valence-electron chi connectivity index (χ4n) is 1.53. The van der Waals surface area contributed by atoms with Crippen molar-refractivity contribution in [1.82, 2.24) is 5.32 Å². The number of nitrogens with one attached hydrogen (secondary N) is 1. The predicted molar refractivity (Wildman–Crippen MR) is 78.8 cm³/mol. The van der Waals surface area contributed by atoms with Crippen LogP contribution in [-0.4, -0.2) is 5.91 Å². The molecule has 3 N–H and O–H groups in total. The summed E-state index contributed by atoms with van der Waals surface area (Å²) in [5, 5.41) is 2.89. The van der Waals surface area contributed by atoms with Crippen molar-refractivity contribution in [2.24, 2.45) is 0 Å². The van der Waals surface area contributed by atoms with E-state index in [2.05, 4.69) is 21.2 Å². The van der Waals surface area contributed by atoms with E-state index in [0.29, 0.717) is 17.8 Å². The third-order valence-corrected chi connectivity index (χ3v) is 4.21. The van der Waals surface area contributed by atoms with Crippen molar-refractivity contribution in [3.05, 3.63) is 50.1 Å². The number of nitrogen functional groups attached to an aromatic ring is 1. The van der Waals surface area contributed by atoms with Gasteiger partial charge in [-0.2, -0.15) is 0 Å². The van der Waals surface area contributed by atoms with Crippen LogP contribution < -0.4 is 11.1 Å². The van der Waals surface area contributed by atoms with E-state index in [-0.39, 0.29) is 5.91 Å². The molecule has 5 heteroatoms. The Hall–Kier alpha value is -1.33. The molecule has 1 heterocycles. The molecule has 0 spiro atoms. The van der Waals surface area contributed by atoms with Crippen LogP contribution in [0.4, 0.5) is 5.69 Å². The number of hydrogen-bond donors (Lipinski definition) is 2. The lowest BCUT2D eigenvalue weighted by Gasteiger charge is -2.06. The number of hydrogen-bond acceptors (Lipinski definition) is 3. The zero-order valence-corrected chi connectivity index (χ0v) is 12.3. The topological polar surface area (TPSA) is 55.1 Å². The van der Waals surface area contributed by atoms with Gasteiger partial charge in [-0.15, -0.1) is 11.3 Å². The maximum Gasteiger partial charge on any atom is 0.251 e. The maximum absolute atomic E-state index is 11.9. The Morgan fingerprint density at radius 1 is 1.39 bits per heavy atom. The molecule has 0 fully saturated rings. The third kappa shape index (κ3) is 3.11. The molecular weight excluding hydrogens is 312 g/mol. The van der Waals surface area contributed by atoms with Crippen molar-refractivity contribution in [3.8, 4) is 0 Å². The van der Waals surface area contributed by atoms with Gasteiger partial charge in [0.2, 0.25) is 0 Å². The summed E-state index contributed by atoms with van der Waals surface area (Å²) >= 11 is 5.01. The van der Waals surface area contributed by atoms with E-state index in [0.717, 1.165) is 14.2 Å². The highest BCUT2D eigenvalue weighted by atomic mass is 79.9. The summed E-state index contributed by atoms with van der Waals surface area (Å²) in [6, 6.07) is 9.26. The van der Waals surface area contributed by atoms with Gasteiger partial charge < -0.3 is 11.1 Å². The van der Waals surface area contributed by atoms with Gasteiger partial charge in [-0.05, 0) is 58.7 Å². The Bertz CT molecular complexity index is 580. The normalized spacial score (nSPS) is 10.3. The first-order valence-corrected chi connectivity index (χ1v) is 7.06. The lowest BCUT2D eigenvalue weighted by atomic mass is 10.1. The number of halogens is 1. The molecule has 0 aliphatic rings. The van der Waals surface area contributed by atoms with Crippen LogP contribution in [0, 0.1) is 6.92 Å². The molecule has 94 valence electrons. The first kappa shape index (κ1) is 13.1. The molecule has 0 atom stereocenters. The molecule has 0 aliphatic carbocycles. The second kappa shape index (κ2) is 5.54. The van der Waals surface area contributed by atoms with E-state index in [1.807, 2.05) is 19.1 Å². The molecule has 18 heavy (non-hydrogen) atoms. The van der Waals surface area contributed by atoms with Gasteiger partial charge in [-0.1, -0.05) is 0 Å². The van der Waals surface area contributed by atoms with Crippen LogP contribution >= 0.6 is 27.3 Å². The Morgan fingerprint density at radius 2 is 2.17 bits per heavy atom. The highest BCUT2D eigenvalue weighted by Gasteiger charge is 2.07. The van der Waals surface area contributed by atoms with Gasteiger partial charge in [0.25, 0.3) is 5.91 Å². The summed E-state index contributed by atoms with van der Waals surface area (Å²) < 4.78 is 1.06. The monoisotopic (exact) mass is 324 g/mol. The average Bonchev–Trinajstić information content (AvgIpc) is 2.75. The average molecular weight is 325 g/mol. The summed E-state index contributed by atoms with van der Waals surface area (Å²) in [7, 11) is 0. The first-order valence-electron chi connectivity index (χ1n) is 5.45. The molecule has 0 radical (unpaired) electrons. The summed E-state index contributed by atoms with van der Waals surface area (Å²) in [6.07, 6.45) is 0. The molecule has 0 saturated carbocycles. The number of amides is 1. The number of aryl methyl sites for hydroxylation is 1. The number of thiophene rings is 1. The second-order valence-corrected chi connectivity index (χ2v) is 6.51. The SMILES string of the molecule is Cc1cc(C(=O)NCc2ccc(Br)s2)ccc1N. The third-order valence-electron chi connectivity index (χ3n) is 2.58. The summed E-state index contributed by atoms with van der Waals surface area (Å²) in [6.45, 7) is 2.43. The number of carbonyl (C=O) groups excluding carboxylic acids is 1. The van der Waals surface area contributed by atoms with Gasteiger partial charge in [0.1, 0.15) is 0 Å². The Labute approximate surface area is 118 Å². The molecule has 0 unspecified atom stereocenters. The summed E-state index contributed by atoms with van der Waals surface area (Å²) in [4.78, 5) is 13.0. The smallest absolute Gasteiger partial charge is 0.251 e. The minimum Gasteiger partial charge on any atom is -0.399 e. The van der Waals surface area contributed by atoms with Crippen molar-refractivity contribution < 1.29 is 4.79 Å². The van der Waals surface area contributed by atoms with Gasteiger partial charge in [0, 0.05) is 16.1 Å². The molecule has 3 nitrogen and oxygen atoms in total. The van der Waals surface area contributed by atoms with Crippen molar-refractivity contribution in [1.29, 1.82) is 0 Å². The van der Waals surface area contributed by atoms with E-state index in [1.165, 1.54) is 0 Å². The fourth-order valence-corrected chi connectivity index (χ4v) is 2.96. The first-order chi connectivity index (χ1) is 8.56. The largest absolute Gasteiger partial charge is 0.399 e. The number of carbonyl (C=O) groups is 1. The van der Waals surface area contributed by atoms with Gasteiger partial charge in [-0.3, -0.25) is 4.79 Å². The van der Waals surface area contributed by atoms with E-state index >= 15 is 0 Å². The van der Waals surface area contributed by atoms with E-state index < -0.39 is 0 Å². The minimum atomic E-state index is -0.0809. The second-order valence-electron chi connectivity index (χ2n) is 3.96. The standard InChI is InChI=1S/C13H13BrN2OS/c1-8-6-9(2-4-11(8)15)13(17)16-7-10-3-5-12(14)18-10/h2-6H,7,15H2,1H3,(H,16,17). The molecule has 0 aliphatic heterocycles. The van der Waals surface area contributed by atoms with Crippen molar-refractivity contribution in [2.75, 3.05) is 5.73 Å². The molecule has 0 saturated heterocycles. The Kier molecular flexibility index (Phi) is 4.04. The van der Waals surface area contributed by atoms with E-state index in [4.69, 9.17) is 5.73 Å². The van der Waals surface area contributed by atoms with E-state index in [1.54, 1.807) is 29.5 Å². The van der Waals surface area contributed by atoms with Crippen molar-refractivity contribution in [2.45, 2.75) is 13.5 Å². The summed E-state index contributed by atoms with van der Waals surface area (Å²) in [5.74, 6) is -0.0809. The van der Waals surface area contributed by atoms with Gasteiger partial charge in [-0.25, -0.2) is 0 Å². The molecule has 0 bridgehead atoms. The van der Waals surface area contributed by atoms with E-state index in [9.17, 15) is 4.79 Å². The lowest BCUT2D eigenvalue weighted by Crippen LogP contribution is -2.22. The molecule has 1 aromatic carbocycles. The number of anilines is 1. The quantitative estimate of drug-likeness (QED) is 0.851. The van der Waals surface area contributed by atoms with Crippen molar-refractivity contribution >= 4 is 38.9 Å². The van der Waals surface area contributed by atoms with Crippen LogP contribution in [0.25, 0.3) is 0 Å². The number of nitrogens with two attached hydrogens (primary N) is 1. The number of benzene rings is 1. The van der Waals surface area contributed by atoms with Crippen LogP contribution in [0.3, 0.4) is 0 Å². The van der Waals surface area contributed by atoms with Gasteiger partial charge >= 0.3 is 0 Å². The lowest BCUT2D eigenvalue weighted by molar-refractivity contribution is 0.0951. The van der Waals surface area contributed by atoms with Crippen LogP contribution in [-0.2, 0) is 6.54 Å². The molecule has 2 aromatic rings. The zero-order valence-electron chi connectivity index (χ0n) is 9.87. The van der Waals surface area contributed by atoms with Gasteiger partial charge in [0.05, 0.1) is 10.3 Å². The van der Waals surface area contributed by atoms with Crippen LogP contribution in [0.5, 0.6) is 0 Å². The van der Waals surface area contributed by atoms with Gasteiger partial charge in [0.15, 0.2) is 0 Å².